The molecule has 2 aromatic rings. The van der Waals surface area contributed by atoms with Gasteiger partial charge in [0, 0.05) is 41.0 Å². The molecule has 1 aliphatic heterocycles. The lowest BCUT2D eigenvalue weighted by atomic mass is 9.96. The SMILES string of the molecule is CC(C)C[C@@H]1C(=O)N(C)[C@@H](CC(C)C)C(=O)N[C@@H](Cc2ccc(O)cc2)C(=O)N(C)[C@H](C)C(=O)N(C)CC(=O)N[C@@H](Cc2ccccc2)C(=O)N1C. The van der Waals surface area contributed by atoms with Gasteiger partial charge < -0.3 is 35.3 Å². The maximum Gasteiger partial charge on any atom is 0.245 e. The molecule has 284 valence electrons. The summed E-state index contributed by atoms with van der Waals surface area (Å²) in [4.78, 5) is 89.3. The summed E-state index contributed by atoms with van der Waals surface area (Å²) in [5.74, 6) is -3.16. The number of amides is 6. The zero-order chi connectivity index (χ0) is 38.9. The maximum atomic E-state index is 14.5. The van der Waals surface area contributed by atoms with E-state index in [1.54, 1.807) is 12.1 Å². The van der Waals surface area contributed by atoms with Crippen LogP contribution in [0.25, 0.3) is 0 Å². The maximum absolute atomic E-state index is 14.5. The van der Waals surface area contributed by atoms with Crippen LogP contribution in [0.4, 0.5) is 0 Å². The van der Waals surface area contributed by atoms with Crippen LogP contribution in [0.5, 0.6) is 5.75 Å². The molecule has 0 aliphatic carbocycles. The average Bonchev–Trinajstić information content (AvgIpc) is 3.10. The van der Waals surface area contributed by atoms with Crippen LogP contribution in [0.1, 0.15) is 58.6 Å². The number of hydrogen-bond donors (Lipinski definition) is 3. The second-order valence-electron chi connectivity index (χ2n) is 14.7. The standard InChI is InChI=1S/C39H56N6O7/c1-24(2)19-32-35(48)41-31(22-28-15-17-29(46)18-16-28)37(50)43(7)26(5)36(49)42(6)23-34(47)40-30(21-27-13-11-10-12-14-27)38(51)45(9)33(20-25(3)4)39(52)44(32)8/h10-18,24-26,30-33,46H,19-23H2,1-9H3,(H,40,47)(H,41,48)/t26-,30+,31+,32+,33-/m1/s1. The van der Waals surface area contributed by atoms with Crippen molar-refractivity contribution in [2.24, 2.45) is 11.8 Å². The molecule has 3 N–H and O–H groups in total. The average molecular weight is 721 g/mol. The minimum absolute atomic E-state index is 0.0144. The van der Waals surface area contributed by atoms with Gasteiger partial charge >= 0.3 is 0 Å². The van der Waals surface area contributed by atoms with Gasteiger partial charge in [-0.15, -0.1) is 0 Å². The molecular weight excluding hydrogens is 664 g/mol. The van der Waals surface area contributed by atoms with Gasteiger partial charge in [-0.1, -0.05) is 70.2 Å². The molecule has 6 amide bonds. The van der Waals surface area contributed by atoms with E-state index in [9.17, 15) is 33.9 Å². The topological polar surface area (TPSA) is 160 Å². The second-order valence-corrected chi connectivity index (χ2v) is 14.7. The summed E-state index contributed by atoms with van der Waals surface area (Å²) in [5.41, 5.74) is 1.43. The largest absolute Gasteiger partial charge is 0.508 e. The van der Waals surface area contributed by atoms with Crippen molar-refractivity contribution in [1.29, 1.82) is 0 Å². The molecule has 0 radical (unpaired) electrons. The highest BCUT2D eigenvalue weighted by molar-refractivity contribution is 5.97. The van der Waals surface area contributed by atoms with E-state index in [1.807, 2.05) is 58.0 Å². The lowest BCUT2D eigenvalue weighted by molar-refractivity contribution is -0.151. The Kier molecular flexibility index (Phi) is 14.8. The zero-order valence-electron chi connectivity index (χ0n) is 32.0. The van der Waals surface area contributed by atoms with E-state index in [-0.39, 0.29) is 43.3 Å². The zero-order valence-corrected chi connectivity index (χ0v) is 32.0. The number of phenols is 1. The first-order chi connectivity index (χ1) is 24.4. The Hall–Kier alpha value is -4.94. The van der Waals surface area contributed by atoms with Gasteiger partial charge in [0.2, 0.25) is 35.4 Å². The number of likely N-dealkylation sites (N-methyl/N-ethyl adjacent to an activating group) is 4. The number of carbonyl (C=O) groups excluding carboxylic acids is 6. The molecule has 1 fully saturated rings. The van der Waals surface area contributed by atoms with Gasteiger partial charge in [0.1, 0.15) is 36.0 Å². The predicted octanol–water partition coefficient (Wildman–Crippen LogP) is 2.21. The minimum atomic E-state index is -1.14. The quantitative estimate of drug-likeness (QED) is 0.377. The molecule has 52 heavy (non-hydrogen) atoms. The third-order valence-corrected chi connectivity index (χ3v) is 9.56. The van der Waals surface area contributed by atoms with Crippen molar-refractivity contribution < 1.29 is 33.9 Å². The fourth-order valence-corrected chi connectivity index (χ4v) is 6.39. The number of nitrogens with one attached hydrogen (secondary N) is 2. The monoisotopic (exact) mass is 720 g/mol. The van der Waals surface area contributed by atoms with Crippen molar-refractivity contribution in [1.82, 2.24) is 30.2 Å². The molecule has 5 atom stereocenters. The first-order valence-electron chi connectivity index (χ1n) is 17.9. The number of phenolic OH excluding ortho intramolecular Hbond substituents is 1. The van der Waals surface area contributed by atoms with Gasteiger partial charge in [0.15, 0.2) is 0 Å². The van der Waals surface area contributed by atoms with Gasteiger partial charge in [-0.25, -0.2) is 0 Å². The summed E-state index contributed by atoms with van der Waals surface area (Å²) >= 11 is 0. The van der Waals surface area contributed by atoms with Crippen molar-refractivity contribution in [2.45, 2.75) is 90.5 Å². The molecule has 3 rings (SSSR count). The van der Waals surface area contributed by atoms with Crippen molar-refractivity contribution in [3.8, 4) is 5.75 Å². The Morgan fingerprint density at radius 2 is 1.12 bits per heavy atom. The van der Waals surface area contributed by atoms with Crippen LogP contribution < -0.4 is 10.6 Å². The van der Waals surface area contributed by atoms with E-state index in [4.69, 9.17) is 0 Å². The first-order valence-corrected chi connectivity index (χ1v) is 17.9. The normalized spacial score (nSPS) is 23.6. The van der Waals surface area contributed by atoms with E-state index in [0.717, 1.165) is 5.56 Å². The van der Waals surface area contributed by atoms with Crippen molar-refractivity contribution in [2.75, 3.05) is 34.7 Å². The van der Waals surface area contributed by atoms with Gasteiger partial charge in [0.05, 0.1) is 6.54 Å². The molecule has 1 saturated heterocycles. The lowest BCUT2D eigenvalue weighted by Gasteiger charge is -2.38. The van der Waals surface area contributed by atoms with Crippen molar-refractivity contribution in [3.63, 3.8) is 0 Å². The molecule has 0 saturated carbocycles. The smallest absolute Gasteiger partial charge is 0.245 e. The van der Waals surface area contributed by atoms with Gasteiger partial charge in [-0.05, 0) is 54.9 Å². The fourth-order valence-electron chi connectivity index (χ4n) is 6.39. The summed E-state index contributed by atoms with van der Waals surface area (Å²) in [7, 11) is 5.95. The Morgan fingerprint density at radius 1 is 0.635 bits per heavy atom. The molecule has 0 spiro atoms. The number of benzene rings is 2. The van der Waals surface area contributed by atoms with Crippen LogP contribution in [0, 0.1) is 11.8 Å². The molecule has 0 bridgehead atoms. The van der Waals surface area contributed by atoms with Crippen molar-refractivity contribution >= 4 is 35.4 Å². The highest BCUT2D eigenvalue weighted by Gasteiger charge is 2.40. The predicted molar refractivity (Wildman–Crippen MR) is 198 cm³/mol. The van der Waals surface area contributed by atoms with E-state index >= 15 is 0 Å². The highest BCUT2D eigenvalue weighted by atomic mass is 16.3. The molecule has 1 heterocycles. The lowest BCUT2D eigenvalue weighted by Crippen LogP contribution is -2.61. The van der Waals surface area contributed by atoms with E-state index in [1.165, 1.54) is 66.8 Å². The molecule has 13 nitrogen and oxygen atoms in total. The van der Waals surface area contributed by atoms with Gasteiger partial charge in [-0.2, -0.15) is 0 Å². The number of rotatable bonds is 8. The molecular formula is C39H56N6O7. The van der Waals surface area contributed by atoms with Crippen molar-refractivity contribution in [3.05, 3.63) is 65.7 Å². The van der Waals surface area contributed by atoms with E-state index in [0.29, 0.717) is 5.56 Å². The molecule has 0 unspecified atom stereocenters. The van der Waals surface area contributed by atoms with Crippen LogP contribution in [-0.4, -0.2) is 125 Å². The molecule has 13 heteroatoms. The minimum Gasteiger partial charge on any atom is -0.508 e. The number of nitrogens with zero attached hydrogens (tertiary/aromatic N) is 4. The fraction of sp³-hybridized carbons (Fsp3) is 0.538. The highest BCUT2D eigenvalue weighted by Crippen LogP contribution is 2.21. The summed E-state index contributed by atoms with van der Waals surface area (Å²) in [6.45, 7) is 8.85. The summed E-state index contributed by atoms with van der Waals surface area (Å²) in [6, 6.07) is 10.2. The second kappa shape index (κ2) is 18.5. The number of carbonyl (C=O) groups is 6. The molecule has 2 aromatic carbocycles. The Morgan fingerprint density at radius 3 is 1.67 bits per heavy atom. The summed E-state index contributed by atoms with van der Waals surface area (Å²) < 4.78 is 0. The molecule has 1 aliphatic rings. The number of aromatic hydroxyl groups is 1. The van der Waals surface area contributed by atoms with Crippen LogP contribution in [0.2, 0.25) is 0 Å². The molecule has 0 aromatic heterocycles. The summed E-state index contributed by atoms with van der Waals surface area (Å²) in [6.07, 6.45) is 0.731. The van der Waals surface area contributed by atoms with Crippen LogP contribution in [0.3, 0.4) is 0 Å². The first kappa shape index (κ1) is 41.5. The number of hydrogen-bond acceptors (Lipinski definition) is 7. The third-order valence-electron chi connectivity index (χ3n) is 9.56. The van der Waals surface area contributed by atoms with Gasteiger partial charge in [-0.3, -0.25) is 28.8 Å². The van der Waals surface area contributed by atoms with E-state index in [2.05, 4.69) is 10.6 Å². The Labute approximate surface area is 307 Å². The Bertz CT molecular complexity index is 1560. The Balaban J connectivity index is 2.14. The van der Waals surface area contributed by atoms with E-state index < -0.39 is 72.2 Å². The van der Waals surface area contributed by atoms with Crippen LogP contribution in [0.15, 0.2) is 54.6 Å². The van der Waals surface area contributed by atoms with Crippen LogP contribution >= 0.6 is 0 Å². The van der Waals surface area contributed by atoms with Gasteiger partial charge in [0.25, 0.3) is 0 Å². The summed E-state index contributed by atoms with van der Waals surface area (Å²) in [5, 5.41) is 15.5. The third kappa shape index (κ3) is 11.0. The van der Waals surface area contributed by atoms with Crippen LogP contribution in [-0.2, 0) is 41.6 Å².